The maximum absolute atomic E-state index is 11.5. The molecule has 30 heavy (non-hydrogen) atoms. The molecule has 0 aromatic rings. The third-order valence-electron chi connectivity index (χ3n) is 5.34. The molecule has 1 rings (SSSR count). The van der Waals surface area contributed by atoms with E-state index in [4.69, 9.17) is 10.2 Å². The molecular weight excluding hydrogens is 400 g/mol. The molecule has 0 spiro atoms. The van der Waals surface area contributed by atoms with E-state index in [2.05, 4.69) is 0 Å². The Balaban J connectivity index is 3.06. The Morgan fingerprint density at radius 2 is 0.867 bits per heavy atom. The van der Waals surface area contributed by atoms with Gasteiger partial charge in [-0.05, 0) is 13.8 Å². The Labute approximate surface area is 175 Å². The zero-order chi connectivity index (χ0) is 22.8. The van der Waals surface area contributed by atoms with E-state index >= 15 is 0 Å². The van der Waals surface area contributed by atoms with Gasteiger partial charge in [-0.2, -0.15) is 0 Å². The van der Waals surface area contributed by atoms with E-state index in [9.17, 15) is 29.4 Å². The molecule has 172 valence electrons. The summed E-state index contributed by atoms with van der Waals surface area (Å²) in [5.41, 5.74) is 0. The first-order valence-electron chi connectivity index (χ1n) is 9.83. The van der Waals surface area contributed by atoms with E-state index in [0.717, 1.165) is 0 Å². The van der Waals surface area contributed by atoms with Crippen molar-refractivity contribution >= 4 is 23.9 Å². The number of rotatable bonds is 8. The molecule has 2 unspecified atom stereocenters. The number of nitrogens with zero attached hydrogens (tertiary/aromatic N) is 4. The van der Waals surface area contributed by atoms with Gasteiger partial charge in [0.25, 0.3) is 0 Å². The summed E-state index contributed by atoms with van der Waals surface area (Å²) in [4.78, 5) is 52.0. The van der Waals surface area contributed by atoms with E-state index in [1.807, 2.05) is 0 Å². The lowest BCUT2D eigenvalue weighted by atomic mass is 10.2. The lowest BCUT2D eigenvalue weighted by Gasteiger charge is -2.35. The van der Waals surface area contributed by atoms with Gasteiger partial charge in [-0.15, -0.1) is 0 Å². The third kappa shape index (κ3) is 9.03. The summed E-state index contributed by atoms with van der Waals surface area (Å²) in [6, 6.07) is -1.63. The van der Waals surface area contributed by atoms with Crippen LogP contribution >= 0.6 is 0 Å². The van der Waals surface area contributed by atoms with Crippen LogP contribution in [0.4, 0.5) is 0 Å². The van der Waals surface area contributed by atoms with Crippen molar-refractivity contribution in [3.05, 3.63) is 0 Å². The monoisotopic (exact) mass is 432 g/mol. The van der Waals surface area contributed by atoms with Crippen LogP contribution in [0.15, 0.2) is 0 Å². The molecule has 12 heteroatoms. The normalized spacial score (nSPS) is 21.1. The van der Waals surface area contributed by atoms with Crippen LogP contribution in [-0.2, 0) is 19.2 Å². The van der Waals surface area contributed by atoms with Gasteiger partial charge in [0.15, 0.2) is 0 Å². The summed E-state index contributed by atoms with van der Waals surface area (Å²) in [5, 5.41) is 37.1. The van der Waals surface area contributed by atoms with Crippen molar-refractivity contribution in [2.24, 2.45) is 0 Å². The van der Waals surface area contributed by atoms with Gasteiger partial charge >= 0.3 is 23.9 Å². The maximum Gasteiger partial charge on any atom is 0.320 e. The summed E-state index contributed by atoms with van der Waals surface area (Å²) in [6.45, 7) is 4.91. The van der Waals surface area contributed by atoms with Crippen molar-refractivity contribution in [1.29, 1.82) is 0 Å². The lowest BCUT2D eigenvalue weighted by Crippen LogP contribution is -2.52. The molecule has 0 bridgehead atoms. The maximum atomic E-state index is 11.5. The highest BCUT2D eigenvalue weighted by Gasteiger charge is 2.27. The SMILES string of the molecule is CC(C(=O)O)N1CCN(CC(=O)O)CCN(CC(=O)O)CCN(C(C)C(=O)O)CC1. The Morgan fingerprint density at radius 3 is 1.13 bits per heavy atom. The summed E-state index contributed by atoms with van der Waals surface area (Å²) in [5.74, 6) is -4.08. The fourth-order valence-electron chi connectivity index (χ4n) is 3.31. The molecule has 1 saturated heterocycles. The molecule has 12 nitrogen and oxygen atoms in total. The van der Waals surface area contributed by atoms with Crippen LogP contribution in [-0.4, -0.2) is 141 Å². The lowest BCUT2D eigenvalue weighted by molar-refractivity contribution is -0.145. The Morgan fingerprint density at radius 1 is 0.600 bits per heavy atom. The van der Waals surface area contributed by atoms with Crippen molar-refractivity contribution in [1.82, 2.24) is 19.6 Å². The topological polar surface area (TPSA) is 162 Å². The minimum Gasteiger partial charge on any atom is -0.480 e. The molecule has 0 radical (unpaired) electrons. The van der Waals surface area contributed by atoms with E-state index in [1.54, 1.807) is 19.6 Å². The molecule has 1 fully saturated rings. The largest absolute Gasteiger partial charge is 0.480 e. The van der Waals surface area contributed by atoms with Crippen LogP contribution in [0.2, 0.25) is 0 Å². The van der Waals surface area contributed by atoms with Gasteiger partial charge < -0.3 is 20.4 Å². The van der Waals surface area contributed by atoms with Crippen LogP contribution in [0, 0.1) is 0 Å². The number of carboxylic acids is 4. The molecule has 0 aromatic heterocycles. The highest BCUT2D eigenvalue weighted by Crippen LogP contribution is 2.07. The van der Waals surface area contributed by atoms with Gasteiger partial charge in [-0.1, -0.05) is 0 Å². The predicted octanol–water partition coefficient (Wildman–Crippen LogP) is -1.68. The van der Waals surface area contributed by atoms with Crippen LogP contribution in [0.25, 0.3) is 0 Å². The third-order valence-corrected chi connectivity index (χ3v) is 5.34. The van der Waals surface area contributed by atoms with Crippen LogP contribution in [0.3, 0.4) is 0 Å². The molecule has 0 aromatic carbocycles. The van der Waals surface area contributed by atoms with Gasteiger partial charge in [0.05, 0.1) is 13.1 Å². The van der Waals surface area contributed by atoms with Crippen LogP contribution < -0.4 is 0 Å². The second-order valence-corrected chi connectivity index (χ2v) is 7.44. The highest BCUT2D eigenvalue weighted by atomic mass is 16.4. The van der Waals surface area contributed by atoms with Crippen molar-refractivity contribution in [2.75, 3.05) is 65.4 Å². The average Bonchev–Trinajstić information content (AvgIpc) is 2.64. The Kier molecular flexibility index (Phi) is 10.7. The zero-order valence-electron chi connectivity index (χ0n) is 17.4. The van der Waals surface area contributed by atoms with E-state index in [-0.39, 0.29) is 39.3 Å². The highest BCUT2D eigenvalue weighted by molar-refractivity contribution is 5.73. The van der Waals surface area contributed by atoms with Crippen molar-refractivity contribution in [3.63, 3.8) is 0 Å². The number of hydrogen-bond donors (Lipinski definition) is 4. The predicted molar refractivity (Wildman–Crippen MR) is 105 cm³/mol. The van der Waals surface area contributed by atoms with Gasteiger partial charge in [0, 0.05) is 52.4 Å². The molecule has 4 N–H and O–H groups in total. The summed E-state index contributed by atoms with van der Waals surface area (Å²) in [7, 11) is 0. The quantitative estimate of drug-likeness (QED) is 0.345. The number of aliphatic carboxylic acids is 4. The summed E-state index contributed by atoms with van der Waals surface area (Å²) in [6.07, 6.45) is 0. The molecule has 1 heterocycles. The first-order chi connectivity index (χ1) is 14.0. The molecule has 1 aliphatic heterocycles. The first kappa shape index (κ1) is 25.8. The minimum absolute atomic E-state index is 0.238. The fourth-order valence-corrected chi connectivity index (χ4v) is 3.31. The molecule has 0 saturated carbocycles. The van der Waals surface area contributed by atoms with Crippen molar-refractivity contribution in [2.45, 2.75) is 25.9 Å². The molecule has 0 amide bonds. The number of hydrogen-bond acceptors (Lipinski definition) is 8. The van der Waals surface area contributed by atoms with Crippen molar-refractivity contribution in [3.8, 4) is 0 Å². The Hall–Kier alpha value is -2.28. The van der Waals surface area contributed by atoms with E-state index in [0.29, 0.717) is 26.2 Å². The second-order valence-electron chi connectivity index (χ2n) is 7.44. The van der Waals surface area contributed by atoms with E-state index < -0.39 is 36.0 Å². The second kappa shape index (κ2) is 12.4. The summed E-state index contributed by atoms with van der Waals surface area (Å²) < 4.78 is 0. The van der Waals surface area contributed by atoms with Crippen molar-refractivity contribution < 1.29 is 39.6 Å². The number of carboxylic acid groups (broad SMARTS) is 4. The fraction of sp³-hybridized carbons (Fsp3) is 0.778. The van der Waals surface area contributed by atoms with Crippen LogP contribution in [0.5, 0.6) is 0 Å². The molecule has 2 atom stereocenters. The van der Waals surface area contributed by atoms with Crippen LogP contribution in [0.1, 0.15) is 13.8 Å². The molecule has 1 aliphatic rings. The zero-order valence-corrected chi connectivity index (χ0v) is 17.4. The number of carbonyl (C=O) groups is 4. The summed E-state index contributed by atoms with van der Waals surface area (Å²) >= 11 is 0. The standard InChI is InChI=1S/C18H32N4O8/c1-13(17(27)28)21-7-5-19(11-15(23)24)3-4-20(12-16(25)26)6-8-22(10-9-21)14(2)18(29)30/h13-14H,3-12H2,1-2H3,(H,23,24)(H,25,26)(H,27,28)(H,29,30). The average molecular weight is 432 g/mol. The van der Waals surface area contributed by atoms with Gasteiger partial charge in [-0.25, -0.2) is 0 Å². The molecular formula is C18H32N4O8. The smallest absolute Gasteiger partial charge is 0.320 e. The minimum atomic E-state index is -1.02. The first-order valence-corrected chi connectivity index (χ1v) is 9.83. The van der Waals surface area contributed by atoms with Gasteiger partial charge in [0.2, 0.25) is 0 Å². The molecule has 0 aliphatic carbocycles. The van der Waals surface area contributed by atoms with E-state index in [1.165, 1.54) is 13.8 Å². The Bertz CT molecular complexity index is 565. The van der Waals surface area contributed by atoms with Gasteiger partial charge in [0.1, 0.15) is 12.1 Å². The van der Waals surface area contributed by atoms with Gasteiger partial charge in [-0.3, -0.25) is 38.8 Å².